The maximum Gasteiger partial charge on any atom is 1.00 e. The maximum absolute atomic E-state index is 12.5. The van der Waals surface area contributed by atoms with E-state index in [4.69, 9.17) is 0 Å². The van der Waals surface area contributed by atoms with E-state index in [2.05, 4.69) is 45.2 Å². The summed E-state index contributed by atoms with van der Waals surface area (Å²) >= 11 is 0. The molecule has 1 aromatic heterocycles. The van der Waals surface area contributed by atoms with Gasteiger partial charge >= 0.3 is 29.6 Å². The standard InChI is InChI=1S/C32H34N4O4.Na/c1-22-15-17-34-29(18-22)33-16-5-4-8-30(37)35-21-31(38)36-28(20-32(39)40)25-12-9-24(10-13-25)27-14-11-23-6-2-3-7-26(23)19-27;/h2-3,6-7,9-15,17-19,28H,4-5,8,16,20-21H2,1H3,(H,33,34)(H,35,37)(H,36,38)(H,39,40);/q;+1/p-1. The SMILES string of the molecule is Cc1ccnc(NCCCCC(=O)NCC(=O)NC(CC(=O)[O-])c2ccc(-c3ccc4ccccc4c3)cc2)c1.[Na+]. The molecule has 9 heteroatoms. The summed E-state index contributed by atoms with van der Waals surface area (Å²) in [5.74, 6) is -1.18. The molecule has 1 atom stereocenters. The summed E-state index contributed by atoms with van der Waals surface area (Å²) in [7, 11) is 0. The van der Waals surface area contributed by atoms with Gasteiger partial charge in [-0.25, -0.2) is 4.98 Å². The summed E-state index contributed by atoms with van der Waals surface area (Å²) in [6.07, 6.45) is 3.09. The number of carbonyl (C=O) groups excluding carboxylic acids is 3. The van der Waals surface area contributed by atoms with E-state index in [1.807, 2.05) is 49.4 Å². The molecule has 2 amide bonds. The monoisotopic (exact) mass is 560 g/mol. The second-order valence-corrected chi connectivity index (χ2v) is 9.76. The number of carboxylic acid groups (broad SMARTS) is 1. The molecule has 0 fully saturated rings. The quantitative estimate of drug-likeness (QED) is 0.165. The van der Waals surface area contributed by atoms with Gasteiger partial charge in [-0.2, -0.15) is 0 Å². The zero-order valence-corrected chi connectivity index (χ0v) is 25.5. The number of benzene rings is 3. The van der Waals surface area contributed by atoms with Crippen molar-refractivity contribution in [2.75, 3.05) is 18.4 Å². The molecule has 0 aliphatic heterocycles. The predicted molar refractivity (Wildman–Crippen MR) is 154 cm³/mol. The number of unbranched alkanes of at least 4 members (excludes halogenated alkanes) is 1. The zero-order chi connectivity index (χ0) is 28.3. The first-order valence-corrected chi connectivity index (χ1v) is 13.4. The van der Waals surface area contributed by atoms with Crippen LogP contribution in [0.1, 0.15) is 42.9 Å². The molecular weight excluding hydrogens is 527 g/mol. The summed E-state index contributed by atoms with van der Waals surface area (Å²) < 4.78 is 0. The fourth-order valence-corrected chi connectivity index (χ4v) is 4.47. The van der Waals surface area contributed by atoms with Crippen molar-refractivity contribution in [1.29, 1.82) is 0 Å². The summed E-state index contributed by atoms with van der Waals surface area (Å²) in [5, 5.41) is 22.2. The molecule has 0 saturated carbocycles. The number of anilines is 1. The Balaban J connectivity index is 0.00000462. The molecule has 3 N–H and O–H groups in total. The smallest absolute Gasteiger partial charge is 0.550 e. The van der Waals surface area contributed by atoms with Crippen LogP contribution in [0, 0.1) is 6.92 Å². The van der Waals surface area contributed by atoms with Crippen molar-refractivity contribution >= 4 is 34.4 Å². The van der Waals surface area contributed by atoms with Crippen LogP contribution in [0.4, 0.5) is 5.82 Å². The van der Waals surface area contributed by atoms with Crippen molar-refractivity contribution in [1.82, 2.24) is 15.6 Å². The minimum Gasteiger partial charge on any atom is -0.550 e. The molecule has 1 unspecified atom stereocenters. The van der Waals surface area contributed by atoms with Crippen molar-refractivity contribution in [3.63, 3.8) is 0 Å². The van der Waals surface area contributed by atoms with Crippen molar-refractivity contribution in [3.05, 3.63) is 96.2 Å². The molecule has 3 aromatic carbocycles. The average molecular weight is 561 g/mol. The Bertz CT molecular complexity index is 1480. The number of aromatic nitrogens is 1. The van der Waals surface area contributed by atoms with Gasteiger partial charge in [0.2, 0.25) is 11.8 Å². The van der Waals surface area contributed by atoms with Crippen LogP contribution in [0.15, 0.2) is 85.1 Å². The van der Waals surface area contributed by atoms with Crippen molar-refractivity contribution in [3.8, 4) is 11.1 Å². The molecule has 0 saturated heterocycles. The minimum absolute atomic E-state index is 0. The van der Waals surface area contributed by atoms with Gasteiger partial charge in [0.05, 0.1) is 12.6 Å². The molecule has 0 aliphatic rings. The van der Waals surface area contributed by atoms with E-state index >= 15 is 0 Å². The van der Waals surface area contributed by atoms with E-state index in [-0.39, 0.29) is 54.9 Å². The van der Waals surface area contributed by atoms with Gasteiger partial charge in [0, 0.05) is 31.6 Å². The number of amides is 2. The molecule has 4 rings (SSSR count). The zero-order valence-electron chi connectivity index (χ0n) is 23.5. The van der Waals surface area contributed by atoms with Gasteiger partial charge in [-0.05, 0) is 71.0 Å². The maximum atomic E-state index is 12.5. The van der Waals surface area contributed by atoms with Crippen LogP contribution in [0.2, 0.25) is 0 Å². The van der Waals surface area contributed by atoms with Gasteiger partial charge in [-0.1, -0.05) is 60.7 Å². The third-order valence-corrected chi connectivity index (χ3v) is 6.60. The molecule has 4 aromatic rings. The Labute approximate surface area is 262 Å². The number of nitrogens with zero attached hydrogens (tertiary/aromatic N) is 1. The fourth-order valence-electron chi connectivity index (χ4n) is 4.47. The number of aryl methyl sites for hydroxylation is 1. The van der Waals surface area contributed by atoms with Crippen LogP contribution in [0.3, 0.4) is 0 Å². The fraction of sp³-hybridized carbons (Fsp3) is 0.250. The third-order valence-electron chi connectivity index (χ3n) is 6.60. The second-order valence-electron chi connectivity index (χ2n) is 9.76. The number of carbonyl (C=O) groups is 3. The molecule has 0 aliphatic carbocycles. The van der Waals surface area contributed by atoms with Crippen molar-refractivity contribution < 1.29 is 49.0 Å². The number of carboxylic acids is 1. The van der Waals surface area contributed by atoms with E-state index < -0.39 is 17.9 Å². The normalized spacial score (nSPS) is 11.2. The van der Waals surface area contributed by atoms with E-state index in [0.29, 0.717) is 18.5 Å². The van der Waals surface area contributed by atoms with E-state index in [1.54, 1.807) is 18.3 Å². The van der Waals surface area contributed by atoms with Crippen LogP contribution in [0.25, 0.3) is 21.9 Å². The molecule has 8 nitrogen and oxygen atoms in total. The van der Waals surface area contributed by atoms with Crippen LogP contribution < -0.4 is 50.6 Å². The summed E-state index contributed by atoms with van der Waals surface area (Å²) in [5.41, 5.74) is 3.78. The summed E-state index contributed by atoms with van der Waals surface area (Å²) in [6, 6.07) is 24.8. The van der Waals surface area contributed by atoms with Crippen LogP contribution in [-0.2, 0) is 14.4 Å². The topological polar surface area (TPSA) is 123 Å². The minimum atomic E-state index is -1.28. The Morgan fingerprint density at radius 3 is 2.32 bits per heavy atom. The Hall–Kier alpha value is -3.72. The Morgan fingerprint density at radius 2 is 1.59 bits per heavy atom. The number of pyridine rings is 1. The molecular formula is C32H33N4NaO4. The Kier molecular flexibility index (Phi) is 12.3. The molecule has 41 heavy (non-hydrogen) atoms. The van der Waals surface area contributed by atoms with E-state index in [1.165, 1.54) is 0 Å². The Morgan fingerprint density at radius 1 is 0.854 bits per heavy atom. The number of rotatable bonds is 13. The van der Waals surface area contributed by atoms with E-state index in [9.17, 15) is 19.5 Å². The molecule has 0 bridgehead atoms. The van der Waals surface area contributed by atoms with Crippen molar-refractivity contribution in [2.24, 2.45) is 0 Å². The number of nitrogens with one attached hydrogen (secondary N) is 3. The first-order valence-electron chi connectivity index (χ1n) is 13.4. The third kappa shape index (κ3) is 10.0. The number of hydrogen-bond acceptors (Lipinski definition) is 6. The van der Waals surface area contributed by atoms with E-state index in [0.717, 1.165) is 39.7 Å². The molecule has 0 radical (unpaired) electrons. The van der Waals surface area contributed by atoms with Gasteiger partial charge < -0.3 is 25.9 Å². The largest absolute Gasteiger partial charge is 1.00 e. The van der Waals surface area contributed by atoms with Crippen LogP contribution >= 0.6 is 0 Å². The summed E-state index contributed by atoms with van der Waals surface area (Å²) in [6.45, 7) is 2.45. The van der Waals surface area contributed by atoms with Gasteiger partial charge in [0.15, 0.2) is 0 Å². The van der Waals surface area contributed by atoms with Gasteiger partial charge in [0.25, 0.3) is 0 Å². The van der Waals surface area contributed by atoms with Crippen LogP contribution in [-0.4, -0.2) is 35.9 Å². The first kappa shape index (κ1) is 31.8. The van der Waals surface area contributed by atoms with Gasteiger partial charge in [-0.15, -0.1) is 0 Å². The predicted octanol–water partition coefficient (Wildman–Crippen LogP) is 0.910. The number of hydrogen-bond donors (Lipinski definition) is 3. The average Bonchev–Trinajstić information content (AvgIpc) is 2.95. The van der Waals surface area contributed by atoms with Gasteiger partial charge in [-0.3, -0.25) is 9.59 Å². The number of aliphatic carboxylic acids is 1. The molecule has 206 valence electrons. The molecule has 1 heterocycles. The van der Waals surface area contributed by atoms with Gasteiger partial charge in [0.1, 0.15) is 5.82 Å². The van der Waals surface area contributed by atoms with Crippen LogP contribution in [0.5, 0.6) is 0 Å². The number of fused-ring (bicyclic) bond motifs is 1. The first-order chi connectivity index (χ1) is 19.4. The molecule has 0 spiro atoms. The second kappa shape index (κ2) is 15.9. The van der Waals surface area contributed by atoms with Crippen molar-refractivity contribution in [2.45, 2.75) is 38.6 Å². The summed E-state index contributed by atoms with van der Waals surface area (Å²) in [4.78, 5) is 40.3.